The second-order valence-corrected chi connectivity index (χ2v) is 6.93. The number of rotatable bonds is 8. The molecule has 0 radical (unpaired) electrons. The second kappa shape index (κ2) is 9.26. The van der Waals surface area contributed by atoms with E-state index < -0.39 is 0 Å². The molecule has 0 spiro atoms. The molecule has 0 aliphatic heterocycles. The van der Waals surface area contributed by atoms with Gasteiger partial charge in [-0.25, -0.2) is 0 Å². The van der Waals surface area contributed by atoms with Crippen LogP contribution < -0.4 is 14.8 Å². The first-order valence-electron chi connectivity index (χ1n) is 9.64. The molecule has 0 atom stereocenters. The van der Waals surface area contributed by atoms with Crippen LogP contribution in [0, 0.1) is 13.8 Å². The molecule has 0 aliphatic rings. The lowest BCUT2D eigenvalue weighted by atomic mass is 10.1. The predicted octanol–water partition coefficient (Wildman–Crippen LogP) is 4.53. The number of ether oxygens (including phenoxy) is 2. The Balaban J connectivity index is 1.54. The van der Waals surface area contributed by atoms with Gasteiger partial charge in [-0.15, -0.1) is 0 Å². The fraction of sp³-hybridized carbons (Fsp3) is 0.261. The quantitative estimate of drug-likeness (QED) is 0.555. The minimum atomic E-state index is -0.129. The third-order valence-corrected chi connectivity index (χ3v) is 4.72. The Kier molecular flexibility index (Phi) is 6.51. The molecule has 1 heterocycles. The Morgan fingerprint density at radius 3 is 2.07 bits per heavy atom. The van der Waals surface area contributed by atoms with Crippen LogP contribution in [0.4, 0.5) is 5.69 Å². The fourth-order valence-corrected chi connectivity index (χ4v) is 3.24. The van der Waals surface area contributed by atoms with Gasteiger partial charge in [0.1, 0.15) is 17.2 Å². The van der Waals surface area contributed by atoms with Gasteiger partial charge >= 0.3 is 0 Å². The lowest BCUT2D eigenvalue weighted by Crippen LogP contribution is -2.15. The van der Waals surface area contributed by atoms with Gasteiger partial charge in [-0.05, 0) is 69.3 Å². The van der Waals surface area contributed by atoms with Crippen LogP contribution in [-0.4, -0.2) is 28.6 Å². The number of aromatic nitrogens is 2. The van der Waals surface area contributed by atoms with Crippen molar-refractivity contribution in [1.82, 2.24) is 9.78 Å². The largest absolute Gasteiger partial charge is 0.497 e. The summed E-state index contributed by atoms with van der Waals surface area (Å²) in [6.45, 7) is 5.58. The molecule has 0 aliphatic carbocycles. The summed E-state index contributed by atoms with van der Waals surface area (Å²) in [6, 6.07) is 14.5. The van der Waals surface area contributed by atoms with Crippen molar-refractivity contribution in [2.45, 2.75) is 33.7 Å². The van der Waals surface area contributed by atoms with Gasteiger partial charge in [-0.3, -0.25) is 14.3 Å². The number of benzene rings is 2. The summed E-state index contributed by atoms with van der Waals surface area (Å²) >= 11 is 0. The van der Waals surface area contributed by atoms with Gasteiger partial charge in [-0.2, -0.15) is 5.10 Å². The third kappa shape index (κ3) is 5.05. The van der Waals surface area contributed by atoms with Crippen molar-refractivity contribution in [1.29, 1.82) is 0 Å². The van der Waals surface area contributed by atoms with Crippen LogP contribution in [-0.2, 0) is 11.3 Å². The highest BCUT2D eigenvalue weighted by molar-refractivity contribution is 5.96. The van der Waals surface area contributed by atoms with Crippen LogP contribution in [0.15, 0.2) is 48.5 Å². The summed E-state index contributed by atoms with van der Waals surface area (Å²) < 4.78 is 12.6. The molecule has 0 unspecified atom stereocenters. The lowest BCUT2D eigenvalue weighted by molar-refractivity contribution is -0.116. The molecule has 3 aromatic rings. The Hall–Kier alpha value is -3.61. The highest BCUT2D eigenvalue weighted by atomic mass is 16.5. The number of amides is 1. The molecular formula is C23H25N3O4. The number of methoxy groups -OCH3 is 1. The van der Waals surface area contributed by atoms with Gasteiger partial charge < -0.3 is 14.8 Å². The summed E-state index contributed by atoms with van der Waals surface area (Å²) in [5.41, 5.74) is 2.78. The molecule has 2 aromatic carbocycles. The smallest absolute Gasteiger partial charge is 0.226 e. The van der Waals surface area contributed by atoms with E-state index in [9.17, 15) is 9.59 Å². The highest BCUT2D eigenvalue weighted by Crippen LogP contribution is 2.25. The van der Waals surface area contributed by atoms with Crippen molar-refractivity contribution in [2.24, 2.45) is 0 Å². The van der Waals surface area contributed by atoms with E-state index in [4.69, 9.17) is 9.47 Å². The van der Waals surface area contributed by atoms with Gasteiger partial charge in [-0.1, -0.05) is 0 Å². The number of Topliss-reactive ketones (excluding diaryl/α,β-unsaturated/α-hetero) is 1. The zero-order chi connectivity index (χ0) is 21.7. The molecule has 7 heteroatoms. The first kappa shape index (κ1) is 21.1. The molecule has 1 N–H and O–H groups in total. The number of nitrogens with zero attached hydrogens (tertiary/aromatic N) is 2. The molecule has 1 aromatic heterocycles. The minimum absolute atomic E-state index is 0.0161. The maximum atomic E-state index is 12.3. The Morgan fingerprint density at radius 1 is 0.967 bits per heavy atom. The molecule has 7 nitrogen and oxygen atoms in total. The topological polar surface area (TPSA) is 82.4 Å². The SMILES string of the molecule is COc1ccc(Oc2ccc(NC(=O)CCn3nc(C)c(C(C)=O)c3C)cc2)cc1. The van der Waals surface area contributed by atoms with Crippen molar-refractivity contribution in [3.8, 4) is 17.2 Å². The first-order chi connectivity index (χ1) is 14.4. The van der Waals surface area contributed by atoms with Crippen molar-refractivity contribution in [3.05, 3.63) is 65.5 Å². The summed E-state index contributed by atoms with van der Waals surface area (Å²) in [5, 5.41) is 7.23. The van der Waals surface area contributed by atoms with Crippen LogP contribution in [0.25, 0.3) is 0 Å². The maximum Gasteiger partial charge on any atom is 0.226 e. The fourth-order valence-electron chi connectivity index (χ4n) is 3.24. The Labute approximate surface area is 175 Å². The minimum Gasteiger partial charge on any atom is -0.497 e. The molecule has 0 bridgehead atoms. The number of aryl methyl sites for hydroxylation is 2. The number of anilines is 1. The van der Waals surface area contributed by atoms with E-state index in [0.717, 1.165) is 11.4 Å². The van der Waals surface area contributed by atoms with Crippen LogP contribution in [0.1, 0.15) is 35.1 Å². The van der Waals surface area contributed by atoms with E-state index in [1.165, 1.54) is 6.92 Å². The van der Waals surface area contributed by atoms with Crippen molar-refractivity contribution < 1.29 is 19.1 Å². The van der Waals surface area contributed by atoms with E-state index >= 15 is 0 Å². The molecule has 156 valence electrons. The predicted molar refractivity (Wildman–Crippen MR) is 114 cm³/mol. The van der Waals surface area contributed by atoms with Crippen molar-refractivity contribution in [2.75, 3.05) is 12.4 Å². The Bertz CT molecular complexity index is 1040. The molecule has 0 saturated carbocycles. The van der Waals surface area contributed by atoms with Gasteiger partial charge in [0, 0.05) is 24.3 Å². The number of carbonyl (C=O) groups excluding carboxylic acids is 2. The van der Waals surface area contributed by atoms with Crippen molar-refractivity contribution >= 4 is 17.4 Å². The van der Waals surface area contributed by atoms with E-state index in [2.05, 4.69) is 10.4 Å². The summed E-state index contributed by atoms with van der Waals surface area (Å²) in [7, 11) is 1.61. The number of carbonyl (C=O) groups is 2. The van der Waals surface area contributed by atoms with Gasteiger partial charge in [0.25, 0.3) is 0 Å². The molecule has 0 saturated heterocycles. The van der Waals surface area contributed by atoms with Crippen LogP contribution in [0.5, 0.6) is 17.2 Å². The van der Waals surface area contributed by atoms with E-state index in [-0.39, 0.29) is 18.1 Å². The average molecular weight is 407 g/mol. The summed E-state index contributed by atoms with van der Waals surface area (Å²) in [6.07, 6.45) is 0.253. The molecule has 1 amide bonds. The van der Waals surface area contributed by atoms with Crippen molar-refractivity contribution in [3.63, 3.8) is 0 Å². The summed E-state index contributed by atoms with van der Waals surface area (Å²) in [4.78, 5) is 24.0. The number of hydrogen-bond donors (Lipinski definition) is 1. The van der Waals surface area contributed by atoms with Crippen LogP contribution in [0.3, 0.4) is 0 Å². The lowest BCUT2D eigenvalue weighted by Gasteiger charge is -2.09. The number of hydrogen-bond acceptors (Lipinski definition) is 5. The average Bonchev–Trinajstić information content (AvgIpc) is 3.02. The van der Waals surface area contributed by atoms with E-state index in [1.54, 1.807) is 43.0 Å². The van der Waals surface area contributed by atoms with Gasteiger partial charge in [0.05, 0.1) is 18.4 Å². The zero-order valence-electron chi connectivity index (χ0n) is 17.6. The van der Waals surface area contributed by atoms with Gasteiger partial charge in [0.2, 0.25) is 5.91 Å². The number of ketones is 1. The van der Waals surface area contributed by atoms with Crippen LogP contribution >= 0.6 is 0 Å². The van der Waals surface area contributed by atoms with Crippen LogP contribution in [0.2, 0.25) is 0 Å². The molecular weight excluding hydrogens is 382 g/mol. The zero-order valence-corrected chi connectivity index (χ0v) is 17.6. The second-order valence-electron chi connectivity index (χ2n) is 6.93. The first-order valence-corrected chi connectivity index (χ1v) is 9.64. The maximum absolute atomic E-state index is 12.3. The molecule has 0 fully saturated rings. The normalized spacial score (nSPS) is 10.5. The summed E-state index contributed by atoms with van der Waals surface area (Å²) in [5.74, 6) is 1.98. The number of nitrogens with one attached hydrogen (secondary N) is 1. The molecule has 3 rings (SSSR count). The van der Waals surface area contributed by atoms with Gasteiger partial charge in [0.15, 0.2) is 5.78 Å². The molecule has 30 heavy (non-hydrogen) atoms. The van der Waals surface area contributed by atoms with E-state index in [1.807, 2.05) is 31.2 Å². The monoisotopic (exact) mass is 407 g/mol. The Morgan fingerprint density at radius 2 is 1.53 bits per heavy atom. The highest BCUT2D eigenvalue weighted by Gasteiger charge is 2.15. The standard InChI is InChI=1S/C23H25N3O4/c1-15-23(17(3)27)16(2)26(25-15)14-13-22(28)24-18-5-7-20(8-6-18)30-21-11-9-19(29-4)10-12-21/h5-12H,13-14H2,1-4H3,(H,24,28). The third-order valence-electron chi connectivity index (χ3n) is 4.72. The van der Waals surface area contributed by atoms with E-state index in [0.29, 0.717) is 35.0 Å².